The smallest absolute Gasteiger partial charge is 0.263 e. The molecule has 3 rings (SSSR count). The van der Waals surface area contributed by atoms with Crippen molar-refractivity contribution in [2.45, 2.75) is 64.0 Å². The van der Waals surface area contributed by atoms with Crippen LogP contribution >= 0.6 is 0 Å². The average molecular weight is 381 g/mol. The first-order valence-corrected chi connectivity index (χ1v) is 11.2. The van der Waals surface area contributed by atoms with Crippen LogP contribution in [-0.2, 0) is 14.8 Å². The van der Waals surface area contributed by atoms with Crippen molar-refractivity contribution < 1.29 is 17.9 Å². The number of ether oxygens (including phenoxy) is 1. The summed E-state index contributed by atoms with van der Waals surface area (Å²) in [6.45, 7) is 1.63. The van der Waals surface area contributed by atoms with Gasteiger partial charge >= 0.3 is 0 Å². The zero-order chi connectivity index (χ0) is 18.6. The van der Waals surface area contributed by atoms with Crippen LogP contribution in [0.25, 0.3) is 0 Å². The first-order valence-electron chi connectivity index (χ1n) is 9.57. The normalized spacial score (nSPS) is 21.9. The number of rotatable bonds is 4. The monoisotopic (exact) mass is 380 g/mol. The lowest BCUT2D eigenvalue weighted by Gasteiger charge is -2.35. The molecule has 1 fully saturated rings. The fourth-order valence-corrected chi connectivity index (χ4v) is 4.78. The molecule has 0 bridgehead atoms. The zero-order valence-corrected chi connectivity index (χ0v) is 16.1. The summed E-state index contributed by atoms with van der Waals surface area (Å²) in [6.07, 6.45) is 7.07. The summed E-state index contributed by atoms with van der Waals surface area (Å²) in [7, 11) is -3.47. The number of benzene rings is 1. The van der Waals surface area contributed by atoms with Crippen LogP contribution in [0.2, 0.25) is 0 Å². The summed E-state index contributed by atoms with van der Waals surface area (Å²) in [5.41, 5.74) is 0.504. The summed E-state index contributed by atoms with van der Waals surface area (Å²) >= 11 is 0. The van der Waals surface area contributed by atoms with Crippen LogP contribution < -0.4 is 14.4 Å². The molecular formula is C19H28N2O4S. The molecule has 1 aromatic rings. The van der Waals surface area contributed by atoms with E-state index in [4.69, 9.17) is 4.74 Å². The SMILES string of the molecule is CCS(=O)(=O)N1C[C@@H](C(=O)NC2CCCCCCC2)Oc2ccccc21. The van der Waals surface area contributed by atoms with Gasteiger partial charge in [-0.3, -0.25) is 9.10 Å². The number of hydrogen-bond donors (Lipinski definition) is 1. The molecule has 1 amide bonds. The highest BCUT2D eigenvalue weighted by Gasteiger charge is 2.36. The van der Waals surface area contributed by atoms with Crippen LogP contribution in [0.1, 0.15) is 51.9 Å². The molecule has 0 saturated heterocycles. The van der Waals surface area contributed by atoms with Gasteiger partial charge in [0.15, 0.2) is 6.10 Å². The molecule has 144 valence electrons. The highest BCUT2D eigenvalue weighted by atomic mass is 32.2. The van der Waals surface area contributed by atoms with E-state index in [0.717, 1.165) is 25.7 Å². The number of carbonyl (C=O) groups is 1. The Kier molecular flexibility index (Phi) is 6.06. The molecule has 1 aliphatic heterocycles. The number of nitrogens with one attached hydrogen (secondary N) is 1. The van der Waals surface area contributed by atoms with Crippen molar-refractivity contribution in [2.75, 3.05) is 16.6 Å². The zero-order valence-electron chi connectivity index (χ0n) is 15.3. The molecule has 0 unspecified atom stereocenters. The van der Waals surface area contributed by atoms with E-state index in [1.807, 2.05) is 0 Å². The van der Waals surface area contributed by atoms with E-state index < -0.39 is 16.1 Å². The lowest BCUT2D eigenvalue weighted by atomic mass is 9.96. The van der Waals surface area contributed by atoms with E-state index in [0.29, 0.717) is 11.4 Å². The quantitative estimate of drug-likeness (QED) is 0.871. The second-order valence-electron chi connectivity index (χ2n) is 7.06. The van der Waals surface area contributed by atoms with E-state index in [1.165, 1.54) is 23.6 Å². The van der Waals surface area contributed by atoms with Gasteiger partial charge in [-0.1, -0.05) is 44.2 Å². The molecule has 6 nitrogen and oxygen atoms in total. The van der Waals surface area contributed by atoms with Crippen LogP contribution in [0.3, 0.4) is 0 Å². The Morgan fingerprint density at radius 1 is 1.15 bits per heavy atom. The number of para-hydroxylation sites is 2. The third kappa shape index (κ3) is 4.31. The highest BCUT2D eigenvalue weighted by molar-refractivity contribution is 7.92. The fraction of sp³-hybridized carbons (Fsp3) is 0.632. The molecular weight excluding hydrogens is 352 g/mol. The van der Waals surface area contributed by atoms with Gasteiger partial charge in [0.05, 0.1) is 18.0 Å². The van der Waals surface area contributed by atoms with Gasteiger partial charge in [-0.05, 0) is 31.9 Å². The Bertz CT molecular complexity index is 727. The van der Waals surface area contributed by atoms with Crippen molar-refractivity contribution >= 4 is 21.6 Å². The Hall–Kier alpha value is -1.76. The number of fused-ring (bicyclic) bond motifs is 1. The van der Waals surface area contributed by atoms with E-state index in [9.17, 15) is 13.2 Å². The van der Waals surface area contributed by atoms with Crippen molar-refractivity contribution in [1.82, 2.24) is 5.32 Å². The summed E-state index contributed by atoms with van der Waals surface area (Å²) in [6, 6.07) is 7.13. The molecule has 0 radical (unpaired) electrons. The van der Waals surface area contributed by atoms with Crippen molar-refractivity contribution in [2.24, 2.45) is 0 Å². The number of hydrogen-bond acceptors (Lipinski definition) is 4. The molecule has 1 N–H and O–H groups in total. The third-order valence-electron chi connectivity index (χ3n) is 5.18. The lowest BCUT2D eigenvalue weighted by Crippen LogP contribution is -2.52. The Balaban J connectivity index is 1.75. The molecule has 26 heavy (non-hydrogen) atoms. The minimum atomic E-state index is -3.47. The fourth-order valence-electron chi connectivity index (χ4n) is 3.65. The molecule has 7 heteroatoms. The van der Waals surface area contributed by atoms with Gasteiger partial charge in [0.2, 0.25) is 10.0 Å². The number of nitrogens with zero attached hydrogens (tertiary/aromatic N) is 1. The van der Waals surface area contributed by atoms with E-state index in [1.54, 1.807) is 31.2 Å². The van der Waals surface area contributed by atoms with Gasteiger partial charge in [-0.15, -0.1) is 0 Å². The van der Waals surface area contributed by atoms with Crippen molar-refractivity contribution in [3.63, 3.8) is 0 Å². The van der Waals surface area contributed by atoms with E-state index >= 15 is 0 Å². The van der Waals surface area contributed by atoms with Crippen molar-refractivity contribution in [1.29, 1.82) is 0 Å². The topological polar surface area (TPSA) is 75.7 Å². The van der Waals surface area contributed by atoms with Gasteiger partial charge < -0.3 is 10.1 Å². The van der Waals surface area contributed by atoms with Crippen LogP contribution in [0, 0.1) is 0 Å². The van der Waals surface area contributed by atoms with Crippen LogP contribution in [0.5, 0.6) is 5.75 Å². The highest BCUT2D eigenvalue weighted by Crippen LogP contribution is 2.35. The summed E-state index contributed by atoms with van der Waals surface area (Å²) in [5.74, 6) is 0.202. The maximum absolute atomic E-state index is 12.8. The predicted molar refractivity (Wildman–Crippen MR) is 102 cm³/mol. The first kappa shape index (κ1) is 19.0. The Morgan fingerprint density at radius 2 is 1.81 bits per heavy atom. The van der Waals surface area contributed by atoms with E-state index in [-0.39, 0.29) is 24.2 Å². The standard InChI is InChI=1S/C19H28N2O4S/c1-2-26(23,24)21-14-18(25-17-13-9-8-12-16(17)21)19(22)20-15-10-6-4-3-5-7-11-15/h8-9,12-13,15,18H,2-7,10-11,14H2,1H3,(H,20,22)/t18-/m0/s1. The third-order valence-corrected chi connectivity index (χ3v) is 6.93. The molecule has 1 aliphatic carbocycles. The summed E-state index contributed by atoms with van der Waals surface area (Å²) in [4.78, 5) is 12.8. The Labute approximate surface area is 156 Å². The molecule has 1 heterocycles. The van der Waals surface area contributed by atoms with E-state index in [2.05, 4.69) is 5.32 Å². The first-order chi connectivity index (χ1) is 12.5. The maximum atomic E-state index is 12.8. The molecule has 0 spiro atoms. The van der Waals surface area contributed by atoms with Gasteiger partial charge in [0, 0.05) is 6.04 Å². The molecule has 1 aromatic carbocycles. The van der Waals surface area contributed by atoms with Gasteiger partial charge in [-0.2, -0.15) is 0 Å². The molecule has 2 aliphatic rings. The summed E-state index contributed by atoms with van der Waals surface area (Å²) < 4.78 is 32.2. The summed E-state index contributed by atoms with van der Waals surface area (Å²) in [5, 5.41) is 3.09. The van der Waals surface area contributed by atoms with Crippen LogP contribution in [-0.4, -0.2) is 38.8 Å². The molecule has 1 atom stereocenters. The number of amides is 1. The second kappa shape index (κ2) is 8.29. The lowest BCUT2D eigenvalue weighted by molar-refractivity contribution is -0.128. The largest absolute Gasteiger partial charge is 0.476 e. The van der Waals surface area contributed by atoms with Crippen LogP contribution in [0.15, 0.2) is 24.3 Å². The second-order valence-corrected chi connectivity index (χ2v) is 9.24. The molecule has 0 aromatic heterocycles. The van der Waals surface area contributed by atoms with Gasteiger partial charge in [0.25, 0.3) is 5.91 Å². The molecule has 1 saturated carbocycles. The van der Waals surface area contributed by atoms with Crippen molar-refractivity contribution in [3.8, 4) is 5.75 Å². The minimum absolute atomic E-state index is 0.0156. The number of anilines is 1. The Morgan fingerprint density at radius 3 is 2.50 bits per heavy atom. The van der Waals surface area contributed by atoms with Crippen LogP contribution in [0.4, 0.5) is 5.69 Å². The predicted octanol–water partition coefficient (Wildman–Crippen LogP) is 2.83. The van der Waals surface area contributed by atoms with Crippen molar-refractivity contribution in [3.05, 3.63) is 24.3 Å². The number of sulfonamides is 1. The average Bonchev–Trinajstić information content (AvgIpc) is 2.62. The van der Waals surface area contributed by atoms with Gasteiger partial charge in [-0.25, -0.2) is 8.42 Å². The minimum Gasteiger partial charge on any atom is -0.476 e. The van der Waals surface area contributed by atoms with Gasteiger partial charge in [0.1, 0.15) is 5.75 Å². The maximum Gasteiger partial charge on any atom is 0.263 e. The number of carbonyl (C=O) groups excluding carboxylic acids is 1.